The van der Waals surface area contributed by atoms with E-state index in [0.717, 1.165) is 0 Å². The molecule has 0 atom stereocenters. The van der Waals surface area contributed by atoms with E-state index in [9.17, 15) is 8.78 Å². The smallest absolute Gasteiger partial charge is 0.205 e. The van der Waals surface area contributed by atoms with Gasteiger partial charge in [-0.2, -0.15) is 0 Å². The summed E-state index contributed by atoms with van der Waals surface area (Å²) >= 11 is 0. The Balaban J connectivity index is 3.91. The molecule has 10 heavy (non-hydrogen) atoms. The van der Waals surface area contributed by atoms with Gasteiger partial charge in [0, 0.05) is 0 Å². The fourth-order valence-electron chi connectivity index (χ4n) is 0.359. The normalized spacial score (nSPS) is 13.0. The molecule has 0 aliphatic rings. The molecule has 0 radical (unpaired) electrons. The van der Waals surface area contributed by atoms with E-state index in [4.69, 9.17) is 0 Å². The Kier molecular flexibility index (Phi) is 4.46. The first-order valence-electron chi connectivity index (χ1n) is 2.92. The molecule has 0 aromatic heterocycles. The molecule has 0 aromatic rings. The highest BCUT2D eigenvalue weighted by Gasteiger charge is 2.01. The topological polar surface area (TPSA) is 0 Å². The number of hydrogen-bond donors (Lipinski definition) is 0. The minimum Gasteiger partial charge on any atom is -0.205 e. The van der Waals surface area contributed by atoms with Crippen LogP contribution < -0.4 is 0 Å². The molecule has 0 amide bonds. The molecule has 0 unspecified atom stereocenters. The van der Waals surface area contributed by atoms with Crippen molar-refractivity contribution in [3.05, 3.63) is 36.5 Å². The summed E-state index contributed by atoms with van der Waals surface area (Å²) in [7, 11) is 0. The SMILES string of the molecule is C=C/C=C\C=C(/C)C(F)F. The molecule has 0 rings (SSSR count). The van der Waals surface area contributed by atoms with Crippen molar-refractivity contribution in [3.8, 4) is 0 Å². The summed E-state index contributed by atoms with van der Waals surface area (Å²) < 4.78 is 23.5. The van der Waals surface area contributed by atoms with Crippen LogP contribution in [0.4, 0.5) is 8.78 Å². The molecule has 2 heteroatoms. The van der Waals surface area contributed by atoms with Crippen LogP contribution in [0.3, 0.4) is 0 Å². The molecule has 0 N–H and O–H groups in total. The van der Waals surface area contributed by atoms with Gasteiger partial charge < -0.3 is 0 Å². The Labute approximate surface area is 59.6 Å². The first-order chi connectivity index (χ1) is 4.68. The second-order valence-corrected chi connectivity index (χ2v) is 1.83. The second-order valence-electron chi connectivity index (χ2n) is 1.83. The molecule has 0 aliphatic carbocycles. The van der Waals surface area contributed by atoms with Crippen LogP contribution in [0.5, 0.6) is 0 Å². The van der Waals surface area contributed by atoms with E-state index in [1.165, 1.54) is 25.2 Å². The minimum absolute atomic E-state index is 0.0677. The molecule has 0 bridgehead atoms. The van der Waals surface area contributed by atoms with E-state index in [1.54, 1.807) is 6.08 Å². The fourth-order valence-corrected chi connectivity index (χ4v) is 0.359. The zero-order valence-electron chi connectivity index (χ0n) is 5.85. The molecular weight excluding hydrogens is 134 g/mol. The van der Waals surface area contributed by atoms with Crippen molar-refractivity contribution in [3.63, 3.8) is 0 Å². The Morgan fingerprint density at radius 1 is 1.40 bits per heavy atom. The predicted molar refractivity (Wildman–Crippen MR) is 39.1 cm³/mol. The van der Waals surface area contributed by atoms with Gasteiger partial charge in [0.2, 0.25) is 0 Å². The number of rotatable bonds is 3. The maximum absolute atomic E-state index is 11.7. The molecule has 0 aliphatic heterocycles. The highest BCUT2D eigenvalue weighted by molar-refractivity contribution is 5.15. The second kappa shape index (κ2) is 4.91. The van der Waals surface area contributed by atoms with Crippen molar-refractivity contribution in [1.29, 1.82) is 0 Å². The van der Waals surface area contributed by atoms with Gasteiger partial charge in [-0.3, -0.25) is 0 Å². The summed E-state index contributed by atoms with van der Waals surface area (Å²) in [6.07, 6.45) is 3.69. The van der Waals surface area contributed by atoms with Gasteiger partial charge in [0.1, 0.15) is 0 Å². The lowest BCUT2D eigenvalue weighted by Gasteiger charge is -1.93. The Hall–Kier alpha value is -0.920. The third-order valence-electron chi connectivity index (χ3n) is 0.951. The van der Waals surface area contributed by atoms with Crippen LogP contribution in [0.2, 0.25) is 0 Å². The lowest BCUT2D eigenvalue weighted by Crippen LogP contribution is -1.89. The summed E-state index contributed by atoms with van der Waals surface area (Å²) in [4.78, 5) is 0. The highest BCUT2D eigenvalue weighted by atomic mass is 19.3. The quantitative estimate of drug-likeness (QED) is 0.534. The third kappa shape index (κ3) is 4.01. The van der Waals surface area contributed by atoms with E-state index in [0.29, 0.717) is 0 Å². The standard InChI is InChI=1S/C8H10F2/c1-3-4-5-6-7(2)8(9)10/h3-6,8H,1H2,2H3/b5-4-,7-6+. The van der Waals surface area contributed by atoms with Crippen LogP contribution >= 0.6 is 0 Å². The van der Waals surface area contributed by atoms with Gasteiger partial charge in [0.25, 0.3) is 6.43 Å². The first-order valence-corrected chi connectivity index (χ1v) is 2.92. The molecule has 0 aromatic carbocycles. The number of hydrogen-bond acceptors (Lipinski definition) is 0. The highest BCUT2D eigenvalue weighted by Crippen LogP contribution is 2.06. The summed E-state index contributed by atoms with van der Waals surface area (Å²) in [6.45, 7) is 4.79. The largest absolute Gasteiger partial charge is 0.259 e. The molecule has 0 saturated heterocycles. The van der Waals surface area contributed by atoms with Crippen molar-refractivity contribution >= 4 is 0 Å². The van der Waals surface area contributed by atoms with Crippen LogP contribution in [-0.2, 0) is 0 Å². The van der Waals surface area contributed by atoms with Gasteiger partial charge in [-0.05, 0) is 12.5 Å². The molecule has 0 nitrogen and oxygen atoms in total. The summed E-state index contributed by atoms with van der Waals surface area (Å²) in [5.41, 5.74) is 0.0677. The van der Waals surface area contributed by atoms with Crippen LogP contribution in [0.1, 0.15) is 6.92 Å². The molecule has 0 spiro atoms. The third-order valence-corrected chi connectivity index (χ3v) is 0.951. The van der Waals surface area contributed by atoms with Crippen molar-refractivity contribution < 1.29 is 8.78 Å². The van der Waals surface area contributed by atoms with E-state index in [-0.39, 0.29) is 5.57 Å². The van der Waals surface area contributed by atoms with Gasteiger partial charge in [0.05, 0.1) is 0 Å². The summed E-state index contributed by atoms with van der Waals surface area (Å²) in [6, 6.07) is 0. The minimum atomic E-state index is -2.35. The molecular formula is C8H10F2. The van der Waals surface area contributed by atoms with Gasteiger partial charge in [-0.25, -0.2) is 8.78 Å². The van der Waals surface area contributed by atoms with Crippen LogP contribution in [0.15, 0.2) is 36.5 Å². The van der Waals surface area contributed by atoms with Gasteiger partial charge in [-0.1, -0.05) is 30.9 Å². The Bertz CT molecular complexity index is 155. The molecule has 0 saturated carbocycles. The Morgan fingerprint density at radius 3 is 2.40 bits per heavy atom. The first kappa shape index (κ1) is 9.08. The van der Waals surface area contributed by atoms with Crippen molar-refractivity contribution in [2.24, 2.45) is 0 Å². The number of alkyl halides is 2. The van der Waals surface area contributed by atoms with Crippen molar-refractivity contribution in [2.45, 2.75) is 13.3 Å². The van der Waals surface area contributed by atoms with Crippen molar-refractivity contribution in [1.82, 2.24) is 0 Å². The maximum Gasteiger partial charge on any atom is 0.259 e. The van der Waals surface area contributed by atoms with E-state index >= 15 is 0 Å². The van der Waals surface area contributed by atoms with Crippen LogP contribution in [0.25, 0.3) is 0 Å². The van der Waals surface area contributed by atoms with Crippen LogP contribution in [0, 0.1) is 0 Å². The van der Waals surface area contributed by atoms with Crippen molar-refractivity contribution in [2.75, 3.05) is 0 Å². The van der Waals surface area contributed by atoms with Crippen LogP contribution in [-0.4, -0.2) is 6.43 Å². The summed E-state index contributed by atoms with van der Waals surface area (Å²) in [5, 5.41) is 0. The number of allylic oxidation sites excluding steroid dienone is 5. The zero-order valence-corrected chi connectivity index (χ0v) is 5.85. The average Bonchev–Trinajstić information content (AvgIpc) is 1.88. The molecule has 0 fully saturated rings. The van der Waals surface area contributed by atoms with Gasteiger partial charge >= 0.3 is 0 Å². The van der Waals surface area contributed by atoms with E-state index in [2.05, 4.69) is 6.58 Å². The van der Waals surface area contributed by atoms with Gasteiger partial charge in [-0.15, -0.1) is 0 Å². The Morgan fingerprint density at radius 2 is 2.00 bits per heavy atom. The average molecular weight is 144 g/mol. The van der Waals surface area contributed by atoms with Gasteiger partial charge in [0.15, 0.2) is 0 Å². The predicted octanol–water partition coefficient (Wildman–Crippen LogP) is 2.94. The van der Waals surface area contributed by atoms with E-state index < -0.39 is 6.43 Å². The maximum atomic E-state index is 11.7. The monoisotopic (exact) mass is 144 g/mol. The number of halogens is 2. The summed E-state index contributed by atoms with van der Waals surface area (Å²) in [5.74, 6) is 0. The fraction of sp³-hybridized carbons (Fsp3) is 0.250. The lowest BCUT2D eigenvalue weighted by molar-refractivity contribution is 0.190. The zero-order chi connectivity index (χ0) is 7.98. The molecule has 56 valence electrons. The molecule has 0 heterocycles. The lowest BCUT2D eigenvalue weighted by atomic mass is 10.3. The van der Waals surface area contributed by atoms with E-state index in [1.807, 2.05) is 0 Å².